The van der Waals surface area contributed by atoms with E-state index in [1.807, 2.05) is 0 Å². The predicted octanol–water partition coefficient (Wildman–Crippen LogP) is 4.36. The number of hydrogen-bond acceptors (Lipinski definition) is 4. The van der Waals surface area contributed by atoms with E-state index in [0.29, 0.717) is 0 Å². The molecule has 4 rings (SSSR count). The van der Waals surface area contributed by atoms with Crippen LogP contribution in [-0.2, 0) is 12.9 Å². The van der Waals surface area contributed by atoms with Crippen molar-refractivity contribution in [2.24, 2.45) is 11.8 Å². The second-order valence-electron chi connectivity index (χ2n) is 5.50. The summed E-state index contributed by atoms with van der Waals surface area (Å²) in [7, 11) is 2.26. The number of carbonyl (C=O) groups is 1. The van der Waals surface area contributed by atoms with Gasteiger partial charge < -0.3 is 9.47 Å². The maximum atomic E-state index is 13.9. The average Bonchev–Trinajstić information content (AvgIpc) is 3.13. The lowest BCUT2D eigenvalue weighted by Gasteiger charge is -2.32. The number of nitrogens with zero attached hydrogens (tertiary/aromatic N) is 1. The summed E-state index contributed by atoms with van der Waals surface area (Å²) in [5, 5.41) is 0. The quantitative estimate of drug-likeness (QED) is 0.722. The monoisotopic (exact) mass is 400 g/mol. The number of rotatable bonds is 6. The molecule has 28 heavy (non-hydrogen) atoms. The van der Waals surface area contributed by atoms with Gasteiger partial charge in [-0.15, -0.1) is 0 Å². The van der Waals surface area contributed by atoms with Crippen molar-refractivity contribution in [3.63, 3.8) is 0 Å². The molecule has 2 aromatic rings. The summed E-state index contributed by atoms with van der Waals surface area (Å²) in [4.78, 5) is 13.1. The number of hydrogen-bond donors (Lipinski definition) is 0. The molecule has 1 saturated heterocycles. The van der Waals surface area contributed by atoms with Gasteiger partial charge in [-0.1, -0.05) is 30.2 Å². The van der Waals surface area contributed by atoms with Crippen molar-refractivity contribution >= 4 is 5.78 Å². The van der Waals surface area contributed by atoms with Gasteiger partial charge in [-0.2, -0.15) is 0 Å². The summed E-state index contributed by atoms with van der Waals surface area (Å²) >= 11 is 0. The van der Waals surface area contributed by atoms with E-state index in [-0.39, 0.29) is 11.5 Å². The van der Waals surface area contributed by atoms with Crippen LogP contribution in [0.5, 0.6) is 11.5 Å². The zero-order valence-electron chi connectivity index (χ0n) is 35.8. The smallest absolute Gasteiger partial charge is 0.166 e. The van der Waals surface area contributed by atoms with Crippen LogP contribution in [0, 0.1) is 11.8 Å². The van der Waals surface area contributed by atoms with E-state index < -0.39 is 114 Å². The highest BCUT2D eigenvalue weighted by atomic mass is 16.5. The van der Waals surface area contributed by atoms with E-state index in [4.69, 9.17) is 38.3 Å². The van der Waals surface area contributed by atoms with Gasteiger partial charge >= 0.3 is 0 Å². The standard InChI is InChI=1S/C24H29NO3/c1-27-22-14-19-13-20(24(26)21(19)15-23(22)28-2)12-17-8-10-25(11-9-17)16-18-6-4-3-5-7-18/h3-7,14-15,17,20H,8-13,16H2,1-2H3/i3D,4D,5D,6D,7D,8D2,9D2,10D2,11D2,12D2,13D2,16D2,17D,20D. The third-order valence-electron chi connectivity index (χ3n) is 3.81. The van der Waals surface area contributed by atoms with Crippen molar-refractivity contribution in [3.05, 3.63) is 59.0 Å². The van der Waals surface area contributed by atoms with Gasteiger partial charge in [0, 0.05) is 39.9 Å². The van der Waals surface area contributed by atoms with Crippen LogP contribution >= 0.6 is 0 Å². The van der Waals surface area contributed by atoms with Gasteiger partial charge in [-0.3, -0.25) is 9.69 Å². The Kier molecular flexibility index (Phi) is 1.89. The van der Waals surface area contributed by atoms with Gasteiger partial charge in [-0.05, 0) is 67.6 Å². The zero-order valence-corrected chi connectivity index (χ0v) is 14.8. The molecule has 0 aromatic heterocycles. The summed E-state index contributed by atoms with van der Waals surface area (Å²) in [5.74, 6) is -10.9. The van der Waals surface area contributed by atoms with E-state index in [1.54, 1.807) is 0 Å². The Morgan fingerprint density at radius 1 is 1.18 bits per heavy atom. The first-order chi connectivity index (χ1) is 21.8. The molecule has 1 fully saturated rings. The molecule has 2 aliphatic rings. The fourth-order valence-corrected chi connectivity index (χ4v) is 2.53. The van der Waals surface area contributed by atoms with Crippen LogP contribution in [0.2, 0.25) is 0 Å². The Morgan fingerprint density at radius 3 is 2.54 bits per heavy atom. The third-order valence-corrected chi connectivity index (χ3v) is 3.81. The molecule has 0 bridgehead atoms. The Hall–Kier alpha value is -2.33. The molecule has 1 heterocycles. The Bertz CT molecular complexity index is 1700. The number of ether oxygens (including phenoxy) is 2. The van der Waals surface area contributed by atoms with Crippen LogP contribution in [-0.4, -0.2) is 37.9 Å². The first-order valence-corrected chi connectivity index (χ1v) is 8.00. The SMILES string of the molecule is [2H]c1c([2H])c([2H])c(C([2H])([2H])N2C([2H])([2H])C([2H])([2H])C([2H])(C([2H])([2H])C3([2H])C(=O)c4cc(OC)c(OC)cc4C3([2H])[2H])C([2H])([2H])C2([2H])[2H])c([2H])c1[2H]. The molecule has 4 nitrogen and oxygen atoms in total. The van der Waals surface area contributed by atoms with Gasteiger partial charge in [0.05, 0.1) is 21.1 Å². The summed E-state index contributed by atoms with van der Waals surface area (Å²) in [6.45, 7) is -12.9. The van der Waals surface area contributed by atoms with Crippen LogP contribution in [0.1, 0.15) is 69.4 Å². The Balaban J connectivity index is 2.07. The van der Waals surface area contributed by atoms with Gasteiger partial charge in [-0.25, -0.2) is 0 Å². The van der Waals surface area contributed by atoms with E-state index >= 15 is 0 Å². The third kappa shape index (κ3) is 3.93. The zero-order chi connectivity index (χ0) is 38.3. The van der Waals surface area contributed by atoms with E-state index in [2.05, 4.69) is 0 Å². The van der Waals surface area contributed by atoms with Crippen LogP contribution in [0.25, 0.3) is 0 Å². The van der Waals surface area contributed by atoms with E-state index in [1.165, 1.54) is 0 Å². The molecule has 0 saturated carbocycles. The number of benzene rings is 2. The highest BCUT2D eigenvalue weighted by Crippen LogP contribution is 2.39. The van der Waals surface area contributed by atoms with Crippen LogP contribution < -0.4 is 9.47 Å². The fraction of sp³-hybridized carbons (Fsp3) is 0.458. The molecule has 0 amide bonds. The molecule has 1 aliphatic carbocycles. The van der Waals surface area contributed by atoms with Crippen molar-refractivity contribution in [3.8, 4) is 11.5 Å². The summed E-state index contributed by atoms with van der Waals surface area (Å²) in [6, 6.07) is -4.29. The van der Waals surface area contributed by atoms with Crippen LogP contribution in [0.15, 0.2) is 42.3 Å². The predicted molar refractivity (Wildman–Crippen MR) is 110 cm³/mol. The first-order valence-electron chi connectivity index (χ1n) is 18.5. The van der Waals surface area contributed by atoms with Crippen molar-refractivity contribution in [2.75, 3.05) is 27.2 Å². The van der Waals surface area contributed by atoms with E-state index in [9.17, 15) is 4.79 Å². The van der Waals surface area contributed by atoms with Gasteiger partial charge in [0.1, 0.15) is 0 Å². The van der Waals surface area contributed by atoms with Gasteiger partial charge in [0.2, 0.25) is 0 Å². The molecule has 0 spiro atoms. The minimum absolute atomic E-state index is 0.197. The molecular weight excluding hydrogens is 350 g/mol. The van der Waals surface area contributed by atoms with Crippen molar-refractivity contribution in [1.82, 2.24) is 4.90 Å². The lowest BCUT2D eigenvalue weighted by molar-refractivity contribution is 0.0895. The highest BCUT2D eigenvalue weighted by Gasteiger charge is 2.34. The maximum absolute atomic E-state index is 13.9. The van der Waals surface area contributed by atoms with E-state index in [0.717, 1.165) is 26.4 Å². The molecule has 4 heteroatoms. The van der Waals surface area contributed by atoms with Crippen LogP contribution in [0.3, 0.4) is 0 Å². The Labute approximate surface area is 197 Å². The Morgan fingerprint density at radius 2 is 1.86 bits per heavy atom. The molecule has 2 aromatic carbocycles. The number of ketones is 1. The molecule has 0 radical (unpaired) electrons. The number of fused-ring (bicyclic) bond motifs is 1. The van der Waals surface area contributed by atoms with Crippen molar-refractivity contribution in [1.29, 1.82) is 0 Å². The molecule has 1 atom stereocenters. The minimum Gasteiger partial charge on any atom is -0.493 e. The van der Waals surface area contributed by atoms with Gasteiger partial charge in [0.25, 0.3) is 0 Å². The molecule has 148 valence electrons. The lowest BCUT2D eigenvalue weighted by Crippen LogP contribution is -2.34. The number of carbonyl (C=O) groups excluding carboxylic acids is 1. The van der Waals surface area contributed by atoms with Crippen LogP contribution in [0.4, 0.5) is 0 Å². The highest BCUT2D eigenvalue weighted by molar-refractivity contribution is 6.02. The molecule has 1 aliphatic heterocycles. The summed E-state index contributed by atoms with van der Waals surface area (Å²) in [6.07, 6.45) is -17.2. The second kappa shape index (κ2) is 8.36. The molecule has 0 N–H and O–H groups in total. The van der Waals surface area contributed by atoms with Crippen molar-refractivity contribution in [2.45, 2.75) is 32.0 Å². The second-order valence-corrected chi connectivity index (χ2v) is 5.50. The summed E-state index contributed by atoms with van der Waals surface area (Å²) in [5.41, 5.74) is -2.89. The number of methoxy groups -OCH3 is 2. The normalized spacial score (nSPS) is 44.9. The number of likely N-dealkylation sites (tertiary alicyclic amines) is 1. The van der Waals surface area contributed by atoms with Crippen molar-refractivity contribution < 1.29 is 43.1 Å². The maximum Gasteiger partial charge on any atom is 0.166 e. The topological polar surface area (TPSA) is 38.8 Å². The number of piperidine rings is 1. The lowest BCUT2D eigenvalue weighted by atomic mass is 9.85. The minimum atomic E-state index is -4.65. The van der Waals surface area contributed by atoms with Gasteiger partial charge in [0.15, 0.2) is 17.3 Å². The molecular formula is C24H29NO3. The average molecular weight is 401 g/mol. The summed E-state index contributed by atoms with van der Waals surface area (Å²) < 4.78 is 191. The largest absolute Gasteiger partial charge is 0.493 e. The molecule has 1 unspecified atom stereocenters. The number of Topliss-reactive ketones (excluding diaryl/α,β-unsaturated/α-hetero) is 1. The first kappa shape index (κ1) is 6.33. The fourth-order valence-electron chi connectivity index (χ4n) is 2.53.